The average molecular weight is 449 g/mol. The molecule has 0 radical (unpaired) electrons. The Labute approximate surface area is 161 Å². The Morgan fingerprint density at radius 3 is 2.70 bits per heavy atom. The first kappa shape index (κ1) is 20.4. The SMILES string of the molecule is CN=C(NCC(C)Oc1ccccc1)NCC1(C)CCCS1.I. The smallest absolute Gasteiger partial charge is 0.191 e. The predicted molar refractivity (Wildman–Crippen MR) is 111 cm³/mol. The van der Waals surface area contributed by atoms with Gasteiger partial charge in [-0.05, 0) is 44.6 Å². The molecular weight excluding hydrogens is 421 g/mol. The van der Waals surface area contributed by atoms with E-state index in [0.29, 0.717) is 4.75 Å². The quantitative estimate of drug-likeness (QED) is 0.397. The summed E-state index contributed by atoms with van der Waals surface area (Å²) in [5.41, 5.74) is 0. The minimum absolute atomic E-state index is 0. The van der Waals surface area contributed by atoms with Gasteiger partial charge in [0.15, 0.2) is 5.96 Å². The lowest BCUT2D eigenvalue weighted by Gasteiger charge is -2.25. The third-order valence-corrected chi connectivity index (χ3v) is 5.33. The molecule has 0 saturated carbocycles. The molecule has 0 aromatic heterocycles. The van der Waals surface area contributed by atoms with Crippen molar-refractivity contribution in [2.75, 3.05) is 25.9 Å². The van der Waals surface area contributed by atoms with Crippen molar-refractivity contribution in [3.05, 3.63) is 30.3 Å². The van der Waals surface area contributed by atoms with Crippen molar-refractivity contribution in [1.29, 1.82) is 0 Å². The maximum absolute atomic E-state index is 5.86. The molecule has 23 heavy (non-hydrogen) atoms. The Morgan fingerprint density at radius 2 is 2.09 bits per heavy atom. The third kappa shape index (κ3) is 7.20. The molecule has 1 aliphatic heterocycles. The van der Waals surface area contributed by atoms with Gasteiger partial charge in [-0.25, -0.2) is 0 Å². The number of nitrogens with one attached hydrogen (secondary N) is 2. The number of hydrogen-bond donors (Lipinski definition) is 2. The molecule has 4 nitrogen and oxygen atoms in total. The van der Waals surface area contributed by atoms with E-state index >= 15 is 0 Å². The van der Waals surface area contributed by atoms with E-state index in [1.807, 2.05) is 37.4 Å². The van der Waals surface area contributed by atoms with Crippen molar-refractivity contribution >= 4 is 41.7 Å². The monoisotopic (exact) mass is 449 g/mol. The molecule has 1 heterocycles. The maximum atomic E-state index is 5.86. The predicted octanol–water partition coefficient (Wildman–Crippen LogP) is 3.52. The number of nitrogens with zero attached hydrogens (tertiary/aromatic N) is 1. The number of halogens is 1. The van der Waals surface area contributed by atoms with Crippen molar-refractivity contribution in [2.45, 2.75) is 37.5 Å². The van der Waals surface area contributed by atoms with Crippen LogP contribution in [0.25, 0.3) is 0 Å². The van der Waals surface area contributed by atoms with Gasteiger partial charge in [-0.15, -0.1) is 24.0 Å². The zero-order valence-corrected chi connectivity index (χ0v) is 17.3. The van der Waals surface area contributed by atoms with E-state index in [4.69, 9.17) is 4.74 Å². The van der Waals surface area contributed by atoms with Crippen LogP contribution in [0, 0.1) is 0 Å². The third-order valence-electron chi connectivity index (χ3n) is 3.79. The van der Waals surface area contributed by atoms with Gasteiger partial charge in [-0.3, -0.25) is 4.99 Å². The van der Waals surface area contributed by atoms with E-state index in [9.17, 15) is 0 Å². The number of ether oxygens (including phenoxy) is 1. The first-order chi connectivity index (χ1) is 10.6. The minimum Gasteiger partial charge on any atom is -0.489 e. The molecule has 1 aliphatic rings. The number of thioether (sulfide) groups is 1. The summed E-state index contributed by atoms with van der Waals surface area (Å²) < 4.78 is 6.19. The Morgan fingerprint density at radius 1 is 1.35 bits per heavy atom. The van der Waals surface area contributed by atoms with E-state index in [1.165, 1.54) is 18.6 Å². The zero-order valence-electron chi connectivity index (χ0n) is 14.2. The first-order valence-corrected chi connectivity index (χ1v) is 8.90. The normalized spacial score (nSPS) is 22.1. The van der Waals surface area contributed by atoms with Gasteiger partial charge in [-0.1, -0.05) is 18.2 Å². The topological polar surface area (TPSA) is 45.7 Å². The van der Waals surface area contributed by atoms with Crippen molar-refractivity contribution < 1.29 is 4.74 Å². The lowest BCUT2D eigenvalue weighted by Crippen LogP contribution is -2.46. The van der Waals surface area contributed by atoms with E-state index in [2.05, 4.69) is 41.2 Å². The summed E-state index contributed by atoms with van der Waals surface area (Å²) >= 11 is 2.05. The van der Waals surface area contributed by atoms with Crippen LogP contribution in [-0.4, -0.2) is 42.7 Å². The van der Waals surface area contributed by atoms with Gasteiger partial charge < -0.3 is 15.4 Å². The summed E-state index contributed by atoms with van der Waals surface area (Å²) in [5, 5.41) is 6.77. The summed E-state index contributed by atoms with van der Waals surface area (Å²) in [5.74, 6) is 3.01. The maximum Gasteiger partial charge on any atom is 0.191 e. The van der Waals surface area contributed by atoms with E-state index in [1.54, 1.807) is 0 Å². The number of benzene rings is 1. The molecule has 2 unspecified atom stereocenters. The van der Waals surface area contributed by atoms with E-state index < -0.39 is 0 Å². The van der Waals surface area contributed by atoms with Crippen molar-refractivity contribution in [3.63, 3.8) is 0 Å². The minimum atomic E-state index is 0. The van der Waals surface area contributed by atoms with Crippen molar-refractivity contribution in [2.24, 2.45) is 4.99 Å². The lowest BCUT2D eigenvalue weighted by atomic mass is 10.1. The van der Waals surface area contributed by atoms with Crippen LogP contribution in [-0.2, 0) is 0 Å². The molecule has 1 aromatic rings. The van der Waals surface area contributed by atoms with Gasteiger partial charge in [-0.2, -0.15) is 11.8 Å². The Hall–Kier alpha value is -0.630. The molecule has 2 atom stereocenters. The largest absolute Gasteiger partial charge is 0.489 e. The number of para-hydroxylation sites is 1. The van der Waals surface area contributed by atoms with Gasteiger partial charge in [0, 0.05) is 18.3 Å². The molecule has 0 bridgehead atoms. The van der Waals surface area contributed by atoms with Crippen LogP contribution in [0.3, 0.4) is 0 Å². The van der Waals surface area contributed by atoms with Gasteiger partial charge in [0.25, 0.3) is 0 Å². The Balaban J connectivity index is 0.00000264. The molecule has 130 valence electrons. The molecule has 0 amide bonds. The summed E-state index contributed by atoms with van der Waals surface area (Å²) in [7, 11) is 1.81. The Bertz CT molecular complexity index is 478. The molecular formula is C17H28IN3OS. The number of aliphatic imine (C=N–C) groups is 1. The van der Waals surface area contributed by atoms with E-state index in [-0.39, 0.29) is 30.1 Å². The van der Waals surface area contributed by atoms with Crippen LogP contribution in [0.5, 0.6) is 5.75 Å². The van der Waals surface area contributed by atoms with Gasteiger partial charge >= 0.3 is 0 Å². The van der Waals surface area contributed by atoms with Crippen LogP contribution in [0.15, 0.2) is 35.3 Å². The standard InChI is InChI=1S/C17H27N3OS.HI/c1-14(21-15-8-5-4-6-9-15)12-19-16(18-3)20-13-17(2)10-7-11-22-17;/h4-6,8-9,14H,7,10-13H2,1-3H3,(H2,18,19,20);1H. The molecule has 1 saturated heterocycles. The fourth-order valence-corrected chi connectivity index (χ4v) is 3.73. The highest BCUT2D eigenvalue weighted by Crippen LogP contribution is 2.36. The van der Waals surface area contributed by atoms with Crippen molar-refractivity contribution in [3.8, 4) is 5.75 Å². The highest BCUT2D eigenvalue weighted by Gasteiger charge is 2.29. The first-order valence-electron chi connectivity index (χ1n) is 7.91. The van der Waals surface area contributed by atoms with Crippen LogP contribution in [0.2, 0.25) is 0 Å². The Kier molecular flexibility index (Phi) is 9.12. The number of hydrogen-bond acceptors (Lipinski definition) is 3. The van der Waals surface area contributed by atoms with Crippen LogP contribution in [0.4, 0.5) is 0 Å². The number of rotatable bonds is 6. The van der Waals surface area contributed by atoms with E-state index in [0.717, 1.165) is 24.8 Å². The molecule has 6 heteroatoms. The second-order valence-corrected chi connectivity index (χ2v) is 7.63. The van der Waals surface area contributed by atoms with Crippen LogP contribution < -0.4 is 15.4 Å². The summed E-state index contributed by atoms with van der Waals surface area (Å²) in [6.07, 6.45) is 2.67. The second-order valence-electron chi connectivity index (χ2n) is 5.95. The fraction of sp³-hybridized carbons (Fsp3) is 0.588. The molecule has 1 aromatic carbocycles. The average Bonchev–Trinajstić information content (AvgIpc) is 2.95. The lowest BCUT2D eigenvalue weighted by molar-refractivity contribution is 0.224. The highest BCUT2D eigenvalue weighted by atomic mass is 127. The molecule has 2 rings (SSSR count). The summed E-state index contributed by atoms with van der Waals surface area (Å²) in [6, 6.07) is 9.90. The zero-order chi connectivity index (χ0) is 15.8. The number of guanidine groups is 1. The van der Waals surface area contributed by atoms with Gasteiger partial charge in [0.2, 0.25) is 0 Å². The molecule has 0 aliphatic carbocycles. The van der Waals surface area contributed by atoms with Crippen molar-refractivity contribution in [1.82, 2.24) is 10.6 Å². The van der Waals surface area contributed by atoms with Crippen LogP contribution in [0.1, 0.15) is 26.7 Å². The molecule has 2 N–H and O–H groups in total. The van der Waals surface area contributed by atoms with Gasteiger partial charge in [0.1, 0.15) is 11.9 Å². The highest BCUT2D eigenvalue weighted by molar-refractivity contribution is 14.0. The van der Waals surface area contributed by atoms with Gasteiger partial charge in [0.05, 0.1) is 6.54 Å². The summed E-state index contributed by atoms with van der Waals surface area (Å²) in [6.45, 7) is 6.05. The summed E-state index contributed by atoms with van der Waals surface area (Å²) in [4.78, 5) is 4.29. The molecule has 0 spiro atoms. The van der Waals surface area contributed by atoms with Crippen LogP contribution >= 0.6 is 35.7 Å². The second kappa shape index (κ2) is 10.3. The molecule has 1 fully saturated rings. The fourth-order valence-electron chi connectivity index (χ4n) is 2.48.